The number of fused-ring (bicyclic) bond motifs is 1. The zero-order valence-electron chi connectivity index (χ0n) is 20.3. The van der Waals surface area contributed by atoms with E-state index >= 15 is 0 Å². The van der Waals surface area contributed by atoms with Crippen molar-refractivity contribution in [2.45, 2.75) is 26.8 Å². The van der Waals surface area contributed by atoms with E-state index in [2.05, 4.69) is 34.7 Å². The number of aromatic nitrogens is 3. The largest absolute Gasteiger partial charge is 0.363 e. The molecule has 0 aliphatic rings. The maximum atomic E-state index is 11.7. The minimum Gasteiger partial charge on any atom is -0.363 e. The minimum atomic E-state index is -0.129. The molecule has 2 aromatic heterocycles. The fourth-order valence-corrected chi connectivity index (χ4v) is 4.59. The Kier molecular flexibility index (Phi) is 6.44. The van der Waals surface area contributed by atoms with Gasteiger partial charge in [0.25, 0.3) is 0 Å². The van der Waals surface area contributed by atoms with Crippen LogP contribution in [0.4, 0.5) is 11.5 Å². The fraction of sp³-hybridized carbons (Fsp3) is 0.138. The summed E-state index contributed by atoms with van der Waals surface area (Å²) in [5.74, 6) is 0.633. The van der Waals surface area contributed by atoms with Crippen LogP contribution in [0.1, 0.15) is 31.1 Å². The smallest absolute Gasteiger partial charge is 0.221 e. The van der Waals surface area contributed by atoms with Gasteiger partial charge in [0.1, 0.15) is 5.82 Å². The molecule has 0 aliphatic carbocycles. The summed E-state index contributed by atoms with van der Waals surface area (Å²) in [6.07, 6.45) is 1.85. The molecule has 0 fully saturated rings. The maximum Gasteiger partial charge on any atom is 0.221 e. The van der Waals surface area contributed by atoms with Crippen LogP contribution in [0.15, 0.2) is 85.1 Å². The molecule has 5 aromatic rings. The fourth-order valence-electron chi connectivity index (χ4n) is 4.36. The molecule has 0 saturated heterocycles. The molecule has 3 aromatic carbocycles. The maximum absolute atomic E-state index is 11.7. The Balaban J connectivity index is 1.57. The first-order valence-corrected chi connectivity index (χ1v) is 12.1. The lowest BCUT2D eigenvalue weighted by atomic mass is 10.0. The zero-order chi connectivity index (χ0) is 25.2. The monoisotopic (exact) mass is 495 g/mol. The van der Waals surface area contributed by atoms with Gasteiger partial charge in [0.15, 0.2) is 0 Å². The number of aryl methyl sites for hydroxylation is 1. The highest BCUT2D eigenvalue weighted by Crippen LogP contribution is 2.33. The Labute approximate surface area is 215 Å². The van der Waals surface area contributed by atoms with Crippen molar-refractivity contribution in [3.8, 4) is 16.8 Å². The van der Waals surface area contributed by atoms with Crippen molar-refractivity contribution in [2.24, 2.45) is 0 Å². The molecule has 0 unspecified atom stereocenters. The SMILES string of the molecule is CC(=O)Nc1ccccc1-c1cc(Cl)cc(-n2nc(C)c3cnc(N[C@@H](C)c4ccccc4)cc32)c1. The van der Waals surface area contributed by atoms with Crippen molar-refractivity contribution in [1.29, 1.82) is 0 Å². The van der Waals surface area contributed by atoms with E-state index in [4.69, 9.17) is 16.7 Å². The predicted octanol–water partition coefficient (Wildman–Crippen LogP) is 7.18. The van der Waals surface area contributed by atoms with E-state index < -0.39 is 0 Å². The Morgan fingerprint density at radius 2 is 1.75 bits per heavy atom. The second-order valence-electron chi connectivity index (χ2n) is 8.79. The number of pyridine rings is 1. The van der Waals surface area contributed by atoms with Crippen molar-refractivity contribution in [3.05, 3.63) is 101 Å². The van der Waals surface area contributed by atoms with Crippen LogP contribution in [-0.2, 0) is 4.79 Å². The molecule has 5 rings (SSSR count). The molecule has 0 saturated carbocycles. The van der Waals surface area contributed by atoms with Crippen molar-refractivity contribution < 1.29 is 4.79 Å². The molecular weight excluding hydrogens is 470 g/mol. The molecule has 2 N–H and O–H groups in total. The van der Waals surface area contributed by atoms with Crippen LogP contribution in [0, 0.1) is 6.92 Å². The van der Waals surface area contributed by atoms with Gasteiger partial charge in [-0.2, -0.15) is 5.10 Å². The average molecular weight is 496 g/mol. The second kappa shape index (κ2) is 9.84. The molecule has 0 radical (unpaired) electrons. The van der Waals surface area contributed by atoms with Gasteiger partial charge in [-0.15, -0.1) is 0 Å². The Hall–Kier alpha value is -4.16. The summed E-state index contributed by atoms with van der Waals surface area (Å²) in [5, 5.41) is 12.7. The van der Waals surface area contributed by atoms with Crippen LogP contribution in [0.3, 0.4) is 0 Å². The number of hydrogen-bond acceptors (Lipinski definition) is 4. The lowest BCUT2D eigenvalue weighted by Crippen LogP contribution is -2.08. The molecular formula is C29H26ClN5O. The van der Waals surface area contributed by atoms with Gasteiger partial charge in [0.2, 0.25) is 5.91 Å². The van der Waals surface area contributed by atoms with Gasteiger partial charge in [-0.25, -0.2) is 9.67 Å². The van der Waals surface area contributed by atoms with Crippen molar-refractivity contribution in [2.75, 3.05) is 10.6 Å². The third-order valence-electron chi connectivity index (χ3n) is 6.09. The molecule has 180 valence electrons. The van der Waals surface area contributed by atoms with E-state index in [1.807, 2.05) is 84.5 Å². The number of benzene rings is 3. The highest BCUT2D eigenvalue weighted by Gasteiger charge is 2.15. The Morgan fingerprint density at radius 3 is 2.53 bits per heavy atom. The summed E-state index contributed by atoms with van der Waals surface area (Å²) in [6, 6.07) is 25.8. The van der Waals surface area contributed by atoms with E-state index in [0.717, 1.165) is 44.9 Å². The molecule has 0 spiro atoms. The Morgan fingerprint density at radius 1 is 1.00 bits per heavy atom. The van der Waals surface area contributed by atoms with Crippen molar-refractivity contribution in [3.63, 3.8) is 0 Å². The molecule has 7 heteroatoms. The van der Waals surface area contributed by atoms with Crippen LogP contribution in [-0.4, -0.2) is 20.7 Å². The molecule has 0 bridgehead atoms. The summed E-state index contributed by atoms with van der Waals surface area (Å²) in [4.78, 5) is 16.4. The van der Waals surface area contributed by atoms with E-state index in [0.29, 0.717) is 5.02 Å². The average Bonchev–Trinajstić information content (AvgIpc) is 3.20. The summed E-state index contributed by atoms with van der Waals surface area (Å²) < 4.78 is 1.89. The minimum absolute atomic E-state index is 0.0941. The van der Waals surface area contributed by atoms with E-state index in [-0.39, 0.29) is 11.9 Å². The number of hydrogen-bond donors (Lipinski definition) is 2. The van der Waals surface area contributed by atoms with Crippen molar-refractivity contribution >= 4 is 39.9 Å². The van der Waals surface area contributed by atoms with Crippen LogP contribution >= 0.6 is 11.6 Å². The number of nitrogens with zero attached hydrogens (tertiary/aromatic N) is 3. The van der Waals surface area contributed by atoms with E-state index in [1.165, 1.54) is 12.5 Å². The summed E-state index contributed by atoms with van der Waals surface area (Å²) >= 11 is 6.58. The molecule has 1 amide bonds. The molecule has 0 aliphatic heterocycles. The molecule has 1 atom stereocenters. The van der Waals surface area contributed by atoms with Gasteiger partial charge in [-0.05, 0) is 49.2 Å². The van der Waals surface area contributed by atoms with Gasteiger partial charge in [-0.3, -0.25) is 4.79 Å². The third-order valence-corrected chi connectivity index (χ3v) is 6.31. The summed E-state index contributed by atoms with van der Waals surface area (Å²) in [7, 11) is 0. The van der Waals surface area contributed by atoms with E-state index in [9.17, 15) is 4.79 Å². The number of halogens is 1. The summed E-state index contributed by atoms with van der Waals surface area (Å²) in [6.45, 7) is 5.58. The first kappa shape index (κ1) is 23.6. The number of nitrogens with one attached hydrogen (secondary N) is 2. The van der Waals surface area contributed by atoms with Crippen LogP contribution < -0.4 is 10.6 Å². The van der Waals surface area contributed by atoms with Crippen LogP contribution in [0.25, 0.3) is 27.7 Å². The highest BCUT2D eigenvalue weighted by atomic mass is 35.5. The van der Waals surface area contributed by atoms with Gasteiger partial charge >= 0.3 is 0 Å². The lowest BCUT2D eigenvalue weighted by molar-refractivity contribution is -0.114. The number of anilines is 2. The van der Waals surface area contributed by atoms with Gasteiger partial charge in [0.05, 0.1) is 16.9 Å². The van der Waals surface area contributed by atoms with Crippen LogP contribution in [0.5, 0.6) is 0 Å². The first-order valence-electron chi connectivity index (χ1n) is 11.7. The quantitative estimate of drug-likeness (QED) is 0.261. The molecule has 6 nitrogen and oxygen atoms in total. The highest BCUT2D eigenvalue weighted by molar-refractivity contribution is 6.31. The first-order chi connectivity index (χ1) is 17.4. The number of rotatable bonds is 6. The summed E-state index contributed by atoms with van der Waals surface area (Å²) in [5.41, 5.74) is 6.29. The van der Waals surface area contributed by atoms with Gasteiger partial charge < -0.3 is 10.6 Å². The standard InChI is InChI=1S/C29H26ClN5O/c1-18(21-9-5-4-6-10-21)32-29-16-28-26(17-31-29)19(2)34-35(28)24-14-22(13-23(30)15-24)25-11-7-8-12-27(25)33-20(3)36/h4-18H,1-3H3,(H,31,32)(H,33,36)/t18-/m0/s1. The number of carbonyl (C=O) groups excluding carboxylic acids is 1. The van der Waals surface area contributed by atoms with Crippen LogP contribution in [0.2, 0.25) is 5.02 Å². The van der Waals surface area contributed by atoms with E-state index in [1.54, 1.807) is 0 Å². The Bertz CT molecular complexity index is 1560. The second-order valence-corrected chi connectivity index (χ2v) is 9.22. The molecule has 36 heavy (non-hydrogen) atoms. The molecule has 2 heterocycles. The third kappa shape index (κ3) is 4.81. The zero-order valence-corrected chi connectivity index (χ0v) is 21.0. The number of para-hydroxylation sites is 1. The number of amides is 1. The van der Waals surface area contributed by atoms with Gasteiger partial charge in [0, 0.05) is 46.9 Å². The lowest BCUT2D eigenvalue weighted by Gasteiger charge is -2.15. The number of carbonyl (C=O) groups is 1. The van der Waals surface area contributed by atoms with Crippen molar-refractivity contribution in [1.82, 2.24) is 14.8 Å². The topological polar surface area (TPSA) is 71.8 Å². The normalized spacial score (nSPS) is 11.9. The van der Waals surface area contributed by atoms with Gasteiger partial charge in [-0.1, -0.05) is 60.1 Å². The predicted molar refractivity (Wildman–Crippen MR) is 147 cm³/mol.